The number of rotatable bonds is 9. The van der Waals surface area contributed by atoms with Gasteiger partial charge in [0.05, 0.1) is 5.82 Å². The molecule has 1 unspecified atom stereocenters. The Kier molecular flexibility index (Phi) is 8.42. The lowest BCUT2D eigenvalue weighted by Gasteiger charge is -2.08. The van der Waals surface area contributed by atoms with Gasteiger partial charge in [0.2, 0.25) is 0 Å². The van der Waals surface area contributed by atoms with Gasteiger partial charge >= 0.3 is 0 Å². The summed E-state index contributed by atoms with van der Waals surface area (Å²) in [5, 5.41) is 5.48. The van der Waals surface area contributed by atoms with Crippen LogP contribution in [0.3, 0.4) is 0 Å². The quantitative estimate of drug-likeness (QED) is 0.178. The van der Waals surface area contributed by atoms with Crippen molar-refractivity contribution >= 4 is 6.29 Å². The third-order valence-electron chi connectivity index (χ3n) is 2.08. The van der Waals surface area contributed by atoms with Gasteiger partial charge in [-0.05, 0) is 25.0 Å². The Morgan fingerprint density at radius 2 is 2.05 bits per heavy atom. The Labute approximate surface area is 110 Å². The van der Waals surface area contributed by atoms with Crippen LogP contribution in [0.5, 0.6) is 0 Å². The topological polar surface area (TPSA) is 143 Å². The molecule has 106 valence electrons. The summed E-state index contributed by atoms with van der Waals surface area (Å²) in [6, 6.07) is 0. The lowest BCUT2D eigenvalue weighted by molar-refractivity contribution is -0.105. The zero-order valence-corrected chi connectivity index (χ0v) is 10.5. The highest BCUT2D eigenvalue weighted by Crippen LogP contribution is 2.06. The first-order chi connectivity index (χ1) is 8.99. The average Bonchev–Trinajstić information content (AvgIpc) is 2.39. The molecule has 0 radical (unpaired) electrons. The summed E-state index contributed by atoms with van der Waals surface area (Å²) in [6.07, 6.45) is 3.99. The number of halogens is 1. The molecule has 0 bridgehead atoms. The Bertz CT molecular complexity index is 377. The van der Waals surface area contributed by atoms with Crippen LogP contribution in [0.25, 0.3) is 0 Å². The summed E-state index contributed by atoms with van der Waals surface area (Å²) in [4.78, 5) is 10.3. The maximum absolute atomic E-state index is 13.4. The van der Waals surface area contributed by atoms with Crippen LogP contribution >= 0.6 is 0 Å². The third-order valence-corrected chi connectivity index (χ3v) is 2.08. The summed E-state index contributed by atoms with van der Waals surface area (Å²) in [5.74, 6) is 0.132. The maximum Gasteiger partial charge on any atom is 0.171 e. The molecule has 0 heterocycles. The minimum atomic E-state index is -1.14. The van der Waals surface area contributed by atoms with E-state index in [0.717, 1.165) is 0 Å². The predicted octanol–water partition coefficient (Wildman–Crippen LogP) is 0.367. The molecular formula is C11H19FN6O. The van der Waals surface area contributed by atoms with Crippen LogP contribution in [0.2, 0.25) is 0 Å². The molecule has 0 rings (SSSR count). The standard InChI is InChI=1S/C11H19FN6O/c12-8(5-17-6-10(7-19)18-16)1-2-9(13)3-4-11(14)15/h3-4,6-8,16-17H,1-2,5,13-15H2/b9-3-,10-6-,18-16?. The highest BCUT2D eigenvalue weighted by Gasteiger charge is 2.05. The lowest BCUT2D eigenvalue weighted by atomic mass is 10.1. The van der Waals surface area contributed by atoms with Crippen LogP contribution in [0.1, 0.15) is 12.8 Å². The zero-order chi connectivity index (χ0) is 14.7. The van der Waals surface area contributed by atoms with Gasteiger partial charge in [0.1, 0.15) is 11.9 Å². The van der Waals surface area contributed by atoms with E-state index in [-0.39, 0.29) is 24.5 Å². The lowest BCUT2D eigenvalue weighted by Crippen LogP contribution is -2.20. The fourth-order valence-electron chi connectivity index (χ4n) is 1.10. The Balaban J connectivity index is 4.00. The van der Waals surface area contributed by atoms with Crippen LogP contribution in [0.4, 0.5) is 4.39 Å². The van der Waals surface area contributed by atoms with E-state index in [2.05, 4.69) is 10.4 Å². The van der Waals surface area contributed by atoms with E-state index in [9.17, 15) is 9.18 Å². The van der Waals surface area contributed by atoms with E-state index in [1.807, 2.05) is 0 Å². The highest BCUT2D eigenvalue weighted by molar-refractivity contribution is 5.71. The fraction of sp³-hybridized carbons (Fsp3) is 0.364. The molecule has 0 aromatic rings. The van der Waals surface area contributed by atoms with Crippen molar-refractivity contribution in [3.63, 3.8) is 0 Å². The first-order valence-electron chi connectivity index (χ1n) is 5.57. The molecule has 8 heteroatoms. The summed E-state index contributed by atoms with van der Waals surface area (Å²) in [6.45, 7) is 0.00894. The van der Waals surface area contributed by atoms with Gasteiger partial charge in [0.15, 0.2) is 6.29 Å². The van der Waals surface area contributed by atoms with E-state index in [0.29, 0.717) is 18.4 Å². The predicted molar refractivity (Wildman–Crippen MR) is 70.2 cm³/mol. The molecule has 0 spiro atoms. The van der Waals surface area contributed by atoms with Crippen molar-refractivity contribution in [2.24, 2.45) is 22.3 Å². The number of nitrogens with one attached hydrogen (secondary N) is 2. The molecule has 0 aromatic carbocycles. The number of alkyl halides is 1. The Hall–Kier alpha value is -2.38. The van der Waals surface area contributed by atoms with Gasteiger partial charge in [-0.2, -0.15) is 5.11 Å². The van der Waals surface area contributed by atoms with Crippen molar-refractivity contribution < 1.29 is 9.18 Å². The second kappa shape index (κ2) is 9.63. The molecule has 0 aliphatic rings. The van der Waals surface area contributed by atoms with Crippen LogP contribution in [0.15, 0.2) is 40.7 Å². The molecule has 7 nitrogen and oxygen atoms in total. The second-order valence-corrected chi connectivity index (χ2v) is 3.75. The third kappa shape index (κ3) is 9.33. The number of nitrogens with two attached hydrogens (primary N) is 3. The minimum Gasteiger partial charge on any atom is -0.402 e. The molecule has 0 aromatic heterocycles. The number of allylic oxidation sites excluding steroid dienone is 4. The minimum absolute atomic E-state index is 0.00894. The van der Waals surface area contributed by atoms with Gasteiger partial charge in [-0.25, -0.2) is 9.92 Å². The molecule has 0 amide bonds. The molecule has 0 aliphatic heterocycles. The summed E-state index contributed by atoms with van der Waals surface area (Å²) in [7, 11) is 0. The number of hydrogen-bond donors (Lipinski definition) is 5. The largest absolute Gasteiger partial charge is 0.402 e. The van der Waals surface area contributed by atoms with Gasteiger partial charge in [-0.3, -0.25) is 4.79 Å². The number of carbonyl (C=O) groups is 1. The van der Waals surface area contributed by atoms with Crippen molar-refractivity contribution in [3.8, 4) is 0 Å². The zero-order valence-electron chi connectivity index (χ0n) is 10.5. The molecule has 8 N–H and O–H groups in total. The van der Waals surface area contributed by atoms with Crippen LogP contribution in [-0.2, 0) is 4.79 Å². The SMILES string of the molecule is N=N/C(C=O)=C\NCC(F)CC/C(N)=C/C=C(N)N. The smallest absolute Gasteiger partial charge is 0.171 e. The average molecular weight is 270 g/mol. The van der Waals surface area contributed by atoms with Crippen molar-refractivity contribution in [3.05, 3.63) is 35.6 Å². The van der Waals surface area contributed by atoms with Crippen LogP contribution in [-0.4, -0.2) is 19.0 Å². The van der Waals surface area contributed by atoms with E-state index in [1.165, 1.54) is 18.4 Å². The number of hydrogen-bond acceptors (Lipinski definition) is 7. The van der Waals surface area contributed by atoms with Gasteiger partial charge in [0, 0.05) is 18.4 Å². The molecular weight excluding hydrogens is 251 g/mol. The van der Waals surface area contributed by atoms with Crippen molar-refractivity contribution in [2.45, 2.75) is 19.0 Å². The van der Waals surface area contributed by atoms with Gasteiger partial charge in [-0.1, -0.05) is 0 Å². The van der Waals surface area contributed by atoms with Crippen LogP contribution < -0.4 is 22.5 Å². The van der Waals surface area contributed by atoms with Crippen molar-refractivity contribution in [1.29, 1.82) is 5.53 Å². The molecule has 0 aliphatic carbocycles. The number of carbonyl (C=O) groups excluding carboxylic acids is 1. The van der Waals surface area contributed by atoms with E-state index in [4.69, 9.17) is 22.7 Å². The van der Waals surface area contributed by atoms with E-state index in [1.54, 1.807) is 0 Å². The van der Waals surface area contributed by atoms with E-state index < -0.39 is 6.17 Å². The molecule has 0 saturated carbocycles. The second-order valence-electron chi connectivity index (χ2n) is 3.75. The van der Waals surface area contributed by atoms with Gasteiger partial charge in [-0.15, -0.1) is 0 Å². The molecule has 1 atom stereocenters. The molecule has 0 saturated heterocycles. The normalized spacial score (nSPS) is 13.5. The Morgan fingerprint density at radius 1 is 1.37 bits per heavy atom. The first-order valence-corrected chi connectivity index (χ1v) is 5.57. The van der Waals surface area contributed by atoms with Crippen molar-refractivity contribution in [2.75, 3.05) is 6.54 Å². The Morgan fingerprint density at radius 3 is 2.58 bits per heavy atom. The molecule has 0 fully saturated rings. The summed E-state index contributed by atoms with van der Waals surface area (Å²) in [5.41, 5.74) is 23.0. The fourth-order valence-corrected chi connectivity index (χ4v) is 1.10. The molecule has 19 heavy (non-hydrogen) atoms. The summed E-state index contributed by atoms with van der Waals surface area (Å²) < 4.78 is 13.4. The first kappa shape index (κ1) is 16.6. The number of aldehydes is 1. The van der Waals surface area contributed by atoms with Gasteiger partial charge in [0.25, 0.3) is 0 Å². The van der Waals surface area contributed by atoms with Crippen LogP contribution in [0, 0.1) is 5.53 Å². The number of nitrogens with zero attached hydrogens (tertiary/aromatic N) is 1. The van der Waals surface area contributed by atoms with Gasteiger partial charge < -0.3 is 22.5 Å². The highest BCUT2D eigenvalue weighted by atomic mass is 19.1. The monoisotopic (exact) mass is 270 g/mol. The summed E-state index contributed by atoms with van der Waals surface area (Å²) >= 11 is 0. The maximum atomic E-state index is 13.4. The van der Waals surface area contributed by atoms with E-state index >= 15 is 0 Å². The van der Waals surface area contributed by atoms with Crippen molar-refractivity contribution in [1.82, 2.24) is 5.32 Å².